The number of rotatable bonds is 5. The highest BCUT2D eigenvalue weighted by Gasteiger charge is 2.68. The summed E-state index contributed by atoms with van der Waals surface area (Å²) in [6.45, 7) is 1.85. The number of nitrogens with zero attached hydrogens (tertiary/aromatic N) is 1. The monoisotopic (exact) mass is 444 g/mol. The molecule has 3 aromatic rings. The standard InChI is InChI=1S/C26H24N2O5/c1-2-14-26(25(32)33)21-20(22(27-26)17-11-5-6-13-19(17)29)23(30)28(24(21)31)18-12-7-9-15-8-3-4-10-16(15)18/h3-13,20-22,27,29H,2,14H2,1H3,(H,32,33)/t20-,21-,22-,26+/m0/s1. The Morgan fingerprint density at radius 2 is 1.70 bits per heavy atom. The zero-order valence-electron chi connectivity index (χ0n) is 18.1. The number of fused-ring (bicyclic) bond motifs is 2. The van der Waals surface area contributed by atoms with Gasteiger partial charge in [-0.3, -0.25) is 19.7 Å². The Morgan fingerprint density at radius 1 is 1.00 bits per heavy atom. The normalized spacial score (nSPS) is 26.7. The number of nitrogens with one attached hydrogen (secondary N) is 1. The Labute approximate surface area is 190 Å². The third kappa shape index (κ3) is 2.96. The average molecular weight is 444 g/mol. The highest BCUT2D eigenvalue weighted by Crippen LogP contribution is 2.52. The number of para-hydroxylation sites is 1. The van der Waals surface area contributed by atoms with E-state index in [4.69, 9.17) is 0 Å². The van der Waals surface area contributed by atoms with E-state index in [1.165, 1.54) is 6.07 Å². The molecular weight excluding hydrogens is 420 g/mol. The van der Waals surface area contributed by atoms with Crippen molar-refractivity contribution in [2.75, 3.05) is 4.90 Å². The topological polar surface area (TPSA) is 107 Å². The van der Waals surface area contributed by atoms with Crippen molar-refractivity contribution in [3.63, 3.8) is 0 Å². The van der Waals surface area contributed by atoms with Gasteiger partial charge in [0.05, 0.1) is 17.5 Å². The molecule has 2 heterocycles. The van der Waals surface area contributed by atoms with Gasteiger partial charge in [0.2, 0.25) is 11.8 Å². The zero-order chi connectivity index (χ0) is 23.3. The summed E-state index contributed by atoms with van der Waals surface area (Å²) in [6, 6.07) is 18.6. The number of aliphatic carboxylic acids is 1. The number of imide groups is 1. The lowest BCUT2D eigenvalue weighted by molar-refractivity contribution is -0.149. The van der Waals surface area contributed by atoms with Gasteiger partial charge in [0.1, 0.15) is 11.3 Å². The lowest BCUT2D eigenvalue weighted by atomic mass is 9.77. The van der Waals surface area contributed by atoms with Crippen LogP contribution in [0.3, 0.4) is 0 Å². The SMILES string of the molecule is CCC[C@@]1(C(=O)O)N[C@@H](c2ccccc2O)[C@H]2C(=O)N(c3cccc4ccccc34)C(=O)[C@H]21. The molecule has 2 fully saturated rings. The minimum Gasteiger partial charge on any atom is -0.508 e. The Kier molecular flexibility index (Phi) is 4.94. The first kappa shape index (κ1) is 21.2. The van der Waals surface area contributed by atoms with Crippen molar-refractivity contribution in [1.29, 1.82) is 0 Å². The molecule has 0 aliphatic carbocycles. The third-order valence-corrected chi connectivity index (χ3v) is 6.96. The first-order valence-electron chi connectivity index (χ1n) is 11.0. The number of benzene rings is 3. The lowest BCUT2D eigenvalue weighted by Crippen LogP contribution is -2.55. The summed E-state index contributed by atoms with van der Waals surface area (Å²) in [6.07, 6.45) is 0.682. The summed E-state index contributed by atoms with van der Waals surface area (Å²) < 4.78 is 0. The summed E-state index contributed by atoms with van der Waals surface area (Å²) in [5, 5.41) is 25.5. The zero-order valence-corrected chi connectivity index (χ0v) is 18.1. The van der Waals surface area contributed by atoms with Crippen LogP contribution < -0.4 is 10.2 Å². The predicted octanol–water partition coefficient (Wildman–Crippen LogP) is 3.62. The summed E-state index contributed by atoms with van der Waals surface area (Å²) in [7, 11) is 0. The quantitative estimate of drug-likeness (QED) is 0.519. The van der Waals surface area contributed by atoms with Gasteiger partial charge in [0.25, 0.3) is 0 Å². The number of phenolic OH excluding ortho intramolecular Hbond substituents is 1. The number of hydrogen-bond acceptors (Lipinski definition) is 5. The number of carboxylic acids is 1. The van der Waals surface area contributed by atoms with Crippen LogP contribution in [-0.4, -0.2) is 33.5 Å². The number of amides is 2. The maximum absolute atomic E-state index is 13.8. The molecule has 7 heteroatoms. The van der Waals surface area contributed by atoms with Crippen LogP contribution in [0.15, 0.2) is 66.7 Å². The van der Waals surface area contributed by atoms with Gasteiger partial charge in [-0.2, -0.15) is 0 Å². The molecule has 33 heavy (non-hydrogen) atoms. The summed E-state index contributed by atoms with van der Waals surface area (Å²) >= 11 is 0. The number of aromatic hydroxyl groups is 1. The van der Waals surface area contributed by atoms with Crippen LogP contribution in [0.1, 0.15) is 31.4 Å². The number of hydrogen-bond donors (Lipinski definition) is 3. The van der Waals surface area contributed by atoms with E-state index in [-0.39, 0.29) is 12.2 Å². The number of anilines is 1. The second-order valence-corrected chi connectivity index (χ2v) is 8.72. The van der Waals surface area contributed by atoms with Crippen LogP contribution in [0.4, 0.5) is 5.69 Å². The molecule has 0 spiro atoms. The van der Waals surface area contributed by atoms with Gasteiger partial charge in [-0.25, -0.2) is 4.90 Å². The van der Waals surface area contributed by atoms with E-state index in [2.05, 4.69) is 5.32 Å². The third-order valence-electron chi connectivity index (χ3n) is 6.96. The van der Waals surface area contributed by atoms with Gasteiger partial charge < -0.3 is 10.2 Å². The molecule has 3 aromatic carbocycles. The summed E-state index contributed by atoms with van der Waals surface area (Å²) in [4.78, 5) is 41.4. The van der Waals surface area contributed by atoms with Gasteiger partial charge in [-0.05, 0) is 23.9 Å². The van der Waals surface area contributed by atoms with Gasteiger partial charge in [0.15, 0.2) is 0 Å². The predicted molar refractivity (Wildman–Crippen MR) is 123 cm³/mol. The van der Waals surface area contributed by atoms with Crippen molar-refractivity contribution in [2.24, 2.45) is 11.8 Å². The average Bonchev–Trinajstić information content (AvgIpc) is 3.28. The van der Waals surface area contributed by atoms with E-state index in [1.807, 2.05) is 37.3 Å². The van der Waals surface area contributed by atoms with E-state index in [0.29, 0.717) is 17.7 Å². The van der Waals surface area contributed by atoms with Crippen molar-refractivity contribution in [2.45, 2.75) is 31.3 Å². The maximum atomic E-state index is 13.8. The fourth-order valence-corrected chi connectivity index (χ4v) is 5.59. The molecule has 7 nitrogen and oxygen atoms in total. The molecule has 3 N–H and O–H groups in total. The highest BCUT2D eigenvalue weighted by atomic mass is 16.4. The molecule has 2 aliphatic rings. The molecule has 0 bridgehead atoms. The van der Waals surface area contributed by atoms with Gasteiger partial charge in [-0.1, -0.05) is 67.9 Å². The van der Waals surface area contributed by atoms with Crippen LogP contribution in [0.2, 0.25) is 0 Å². The first-order valence-corrected chi connectivity index (χ1v) is 11.0. The van der Waals surface area contributed by atoms with E-state index in [1.54, 1.807) is 30.3 Å². The van der Waals surface area contributed by atoms with Crippen molar-refractivity contribution in [1.82, 2.24) is 5.32 Å². The van der Waals surface area contributed by atoms with E-state index < -0.39 is 41.2 Å². The molecule has 0 radical (unpaired) electrons. The van der Waals surface area contributed by atoms with Crippen LogP contribution in [-0.2, 0) is 14.4 Å². The summed E-state index contributed by atoms with van der Waals surface area (Å²) in [5.41, 5.74) is -0.754. The van der Waals surface area contributed by atoms with E-state index in [0.717, 1.165) is 15.7 Å². The van der Waals surface area contributed by atoms with E-state index in [9.17, 15) is 24.6 Å². The Balaban J connectivity index is 1.70. The van der Waals surface area contributed by atoms with Gasteiger partial charge >= 0.3 is 5.97 Å². The molecule has 5 rings (SSSR count). The Bertz CT molecular complexity index is 1280. The Hall–Kier alpha value is -3.71. The van der Waals surface area contributed by atoms with Crippen molar-refractivity contribution < 1.29 is 24.6 Å². The molecule has 4 atom stereocenters. The summed E-state index contributed by atoms with van der Waals surface area (Å²) in [5.74, 6) is -4.24. The molecule has 2 aliphatic heterocycles. The van der Waals surface area contributed by atoms with Crippen molar-refractivity contribution in [3.8, 4) is 5.75 Å². The number of phenols is 1. The molecular formula is C26H24N2O5. The van der Waals surface area contributed by atoms with Gasteiger partial charge in [-0.15, -0.1) is 0 Å². The van der Waals surface area contributed by atoms with Crippen molar-refractivity contribution in [3.05, 3.63) is 72.3 Å². The van der Waals surface area contributed by atoms with Crippen LogP contribution in [0.5, 0.6) is 5.75 Å². The second-order valence-electron chi connectivity index (χ2n) is 8.72. The largest absolute Gasteiger partial charge is 0.508 e. The van der Waals surface area contributed by atoms with Crippen molar-refractivity contribution >= 4 is 34.2 Å². The first-order chi connectivity index (χ1) is 15.9. The highest BCUT2D eigenvalue weighted by molar-refractivity contribution is 6.26. The van der Waals surface area contributed by atoms with Crippen LogP contribution in [0.25, 0.3) is 10.8 Å². The smallest absolute Gasteiger partial charge is 0.324 e. The molecule has 168 valence electrons. The van der Waals surface area contributed by atoms with E-state index >= 15 is 0 Å². The molecule has 2 amide bonds. The minimum atomic E-state index is -1.61. The molecule has 0 saturated carbocycles. The van der Waals surface area contributed by atoms with Crippen LogP contribution in [0, 0.1) is 11.8 Å². The second kappa shape index (κ2) is 7.71. The fraction of sp³-hybridized carbons (Fsp3) is 0.269. The lowest BCUT2D eigenvalue weighted by Gasteiger charge is -2.31. The fourth-order valence-electron chi connectivity index (χ4n) is 5.59. The number of carboxylic acid groups (broad SMARTS) is 1. The molecule has 0 aromatic heterocycles. The Morgan fingerprint density at radius 3 is 2.42 bits per heavy atom. The maximum Gasteiger partial charge on any atom is 0.324 e. The van der Waals surface area contributed by atoms with Crippen LogP contribution >= 0.6 is 0 Å². The number of carbonyl (C=O) groups excluding carboxylic acids is 2. The molecule has 0 unspecified atom stereocenters. The minimum absolute atomic E-state index is 0.0460. The molecule has 2 saturated heterocycles. The van der Waals surface area contributed by atoms with Gasteiger partial charge in [0, 0.05) is 17.0 Å². The number of carbonyl (C=O) groups is 3.